The third-order valence-corrected chi connectivity index (χ3v) is 7.53. The Balaban J connectivity index is 1.56. The highest BCUT2D eigenvalue weighted by molar-refractivity contribution is 5.88. The number of aromatic nitrogens is 4. The number of nitrogens with one attached hydrogen (secondary N) is 1. The number of furan rings is 1. The van der Waals surface area contributed by atoms with Gasteiger partial charge < -0.3 is 29.0 Å². The first-order chi connectivity index (χ1) is 20.0. The van der Waals surface area contributed by atoms with E-state index in [4.69, 9.17) is 13.9 Å². The number of methoxy groups -OCH3 is 2. The molecule has 12 heteroatoms. The summed E-state index contributed by atoms with van der Waals surface area (Å²) >= 11 is 0. The Kier molecular flexibility index (Phi) is 10.7. The van der Waals surface area contributed by atoms with Gasteiger partial charge in [-0.05, 0) is 74.4 Å². The first-order valence-electron chi connectivity index (χ1n) is 14.3. The Bertz CT molecular complexity index is 1250. The average Bonchev–Trinajstić information content (AvgIpc) is 3.78. The summed E-state index contributed by atoms with van der Waals surface area (Å²) in [6.45, 7) is 7.04. The molecule has 4 rings (SSSR count). The van der Waals surface area contributed by atoms with E-state index in [0.717, 1.165) is 45.3 Å². The van der Waals surface area contributed by atoms with E-state index < -0.39 is 6.04 Å². The van der Waals surface area contributed by atoms with Gasteiger partial charge in [0.1, 0.15) is 12.3 Å². The quantitative estimate of drug-likeness (QED) is 0.294. The van der Waals surface area contributed by atoms with Crippen molar-refractivity contribution in [3.63, 3.8) is 0 Å². The predicted octanol–water partition coefficient (Wildman–Crippen LogP) is 3.31. The summed E-state index contributed by atoms with van der Waals surface area (Å²) in [5.74, 6) is 1.34. The Morgan fingerprint density at radius 1 is 1.10 bits per heavy atom. The summed E-state index contributed by atoms with van der Waals surface area (Å²) in [7, 11) is 3.12. The molecule has 1 fully saturated rings. The molecule has 41 heavy (non-hydrogen) atoms. The number of hydrogen-bond donors (Lipinski definition) is 1. The molecule has 0 bridgehead atoms. The van der Waals surface area contributed by atoms with E-state index >= 15 is 0 Å². The van der Waals surface area contributed by atoms with E-state index in [1.807, 2.05) is 0 Å². The smallest absolute Gasteiger partial charge is 0.250 e. The molecule has 2 aromatic heterocycles. The van der Waals surface area contributed by atoms with Gasteiger partial charge in [0, 0.05) is 18.2 Å². The maximum Gasteiger partial charge on any atom is 0.250 e. The number of nitrogens with zero attached hydrogens (tertiary/aromatic N) is 6. The minimum absolute atomic E-state index is 0.105. The van der Waals surface area contributed by atoms with Gasteiger partial charge in [0.05, 0.1) is 20.5 Å². The normalized spacial score (nSPS) is 14.3. The summed E-state index contributed by atoms with van der Waals surface area (Å²) < 4.78 is 16.4. The van der Waals surface area contributed by atoms with Crippen LogP contribution in [0.25, 0.3) is 11.4 Å². The highest BCUT2D eigenvalue weighted by Gasteiger charge is 2.35. The number of tetrazole rings is 1. The van der Waals surface area contributed by atoms with Crippen molar-refractivity contribution in [1.29, 1.82) is 0 Å². The highest BCUT2D eigenvalue weighted by Crippen LogP contribution is 2.31. The van der Waals surface area contributed by atoms with E-state index in [0.29, 0.717) is 41.6 Å². The monoisotopic (exact) mass is 567 g/mol. The van der Waals surface area contributed by atoms with Crippen LogP contribution >= 0.6 is 0 Å². The second-order valence-corrected chi connectivity index (χ2v) is 10.1. The number of rotatable bonds is 15. The molecule has 2 heterocycles. The van der Waals surface area contributed by atoms with E-state index in [1.54, 1.807) is 49.5 Å². The van der Waals surface area contributed by atoms with E-state index in [2.05, 4.69) is 39.5 Å². The third kappa shape index (κ3) is 7.63. The van der Waals surface area contributed by atoms with Crippen LogP contribution in [0.1, 0.15) is 57.8 Å². The van der Waals surface area contributed by atoms with Crippen molar-refractivity contribution in [1.82, 2.24) is 35.3 Å². The predicted molar refractivity (Wildman–Crippen MR) is 152 cm³/mol. The molecule has 12 nitrogen and oxygen atoms in total. The zero-order valence-electron chi connectivity index (χ0n) is 24.4. The van der Waals surface area contributed by atoms with Crippen molar-refractivity contribution in [2.24, 2.45) is 0 Å². The molecule has 1 N–H and O–H groups in total. The second-order valence-electron chi connectivity index (χ2n) is 10.1. The second kappa shape index (κ2) is 14.6. The fourth-order valence-corrected chi connectivity index (χ4v) is 5.24. The minimum Gasteiger partial charge on any atom is -0.493 e. The van der Waals surface area contributed by atoms with Crippen LogP contribution in [-0.2, 0) is 16.1 Å². The van der Waals surface area contributed by atoms with Gasteiger partial charge in [0.15, 0.2) is 17.5 Å². The number of hydrogen-bond acceptors (Lipinski definition) is 9. The Labute approximate surface area is 241 Å². The Hall–Kier alpha value is -3.93. The van der Waals surface area contributed by atoms with Gasteiger partial charge in [-0.15, -0.1) is 10.2 Å². The summed E-state index contributed by atoms with van der Waals surface area (Å²) in [5.41, 5.74) is 0.668. The average molecular weight is 568 g/mol. The van der Waals surface area contributed by atoms with Crippen molar-refractivity contribution in [2.75, 3.05) is 40.4 Å². The van der Waals surface area contributed by atoms with Crippen LogP contribution in [0.4, 0.5) is 0 Å². The zero-order chi connectivity index (χ0) is 29.2. The van der Waals surface area contributed by atoms with Crippen LogP contribution in [0.5, 0.6) is 11.5 Å². The summed E-state index contributed by atoms with van der Waals surface area (Å²) in [4.78, 5) is 32.6. The molecule has 1 aliphatic rings. The van der Waals surface area contributed by atoms with Crippen molar-refractivity contribution < 1.29 is 23.5 Å². The summed E-state index contributed by atoms with van der Waals surface area (Å²) in [6, 6.07) is 7.99. The van der Waals surface area contributed by atoms with Gasteiger partial charge in [-0.3, -0.25) is 9.59 Å². The Morgan fingerprint density at radius 3 is 2.51 bits per heavy atom. The Morgan fingerprint density at radius 2 is 1.85 bits per heavy atom. The molecule has 1 atom stereocenters. The maximum atomic E-state index is 13.9. The van der Waals surface area contributed by atoms with Crippen LogP contribution in [0.2, 0.25) is 0 Å². The standard InChI is InChI=1S/C29H41N7O5/c1-5-34(6-2)16-10-17-35(27(24-13-9-18-41-24)29(38)30-22-11-7-8-12-22)26(37)20-36-32-28(31-33-36)21-14-15-23(39-3)25(19-21)40-4/h9,13-15,18-19,22,27H,5-8,10-12,16-17,20H2,1-4H3,(H,30,38). The molecular weight excluding hydrogens is 526 g/mol. The maximum absolute atomic E-state index is 13.9. The number of carbonyl (C=O) groups excluding carboxylic acids is 2. The van der Waals surface area contributed by atoms with Crippen molar-refractivity contribution in [3.8, 4) is 22.9 Å². The largest absolute Gasteiger partial charge is 0.493 e. The molecule has 1 aromatic carbocycles. The first kappa shape index (κ1) is 30.0. The molecular formula is C29H41N7O5. The molecule has 222 valence electrons. The van der Waals surface area contributed by atoms with Gasteiger partial charge in [-0.2, -0.15) is 4.80 Å². The molecule has 0 spiro atoms. The fourth-order valence-electron chi connectivity index (χ4n) is 5.24. The number of carbonyl (C=O) groups is 2. The number of ether oxygens (including phenoxy) is 2. The van der Waals surface area contributed by atoms with Gasteiger partial charge in [0.2, 0.25) is 11.7 Å². The first-order valence-corrected chi connectivity index (χ1v) is 14.3. The topological polar surface area (TPSA) is 128 Å². The van der Waals surface area contributed by atoms with Crippen molar-refractivity contribution in [2.45, 2.75) is 64.6 Å². The van der Waals surface area contributed by atoms with Crippen LogP contribution in [0, 0.1) is 0 Å². The summed E-state index contributed by atoms with van der Waals surface area (Å²) in [5, 5.41) is 15.9. The number of amides is 2. The van der Waals surface area contributed by atoms with Crippen LogP contribution < -0.4 is 14.8 Å². The SMILES string of the molecule is CCN(CC)CCCN(C(=O)Cn1nnc(-c2ccc(OC)c(OC)c2)n1)C(C(=O)NC1CCCC1)c1ccco1. The lowest BCUT2D eigenvalue weighted by atomic mass is 10.1. The molecule has 3 aromatic rings. The fraction of sp³-hybridized carbons (Fsp3) is 0.552. The van der Waals surface area contributed by atoms with Gasteiger partial charge in [0.25, 0.3) is 5.91 Å². The highest BCUT2D eigenvalue weighted by atomic mass is 16.5. The van der Waals surface area contributed by atoms with Gasteiger partial charge in [-0.25, -0.2) is 0 Å². The molecule has 1 unspecified atom stereocenters. The third-order valence-electron chi connectivity index (χ3n) is 7.53. The van der Waals surface area contributed by atoms with E-state index in [-0.39, 0.29) is 24.4 Å². The molecule has 1 saturated carbocycles. The molecule has 0 radical (unpaired) electrons. The van der Waals surface area contributed by atoms with E-state index in [9.17, 15) is 9.59 Å². The van der Waals surface area contributed by atoms with Gasteiger partial charge in [-0.1, -0.05) is 26.7 Å². The van der Waals surface area contributed by atoms with Crippen molar-refractivity contribution in [3.05, 3.63) is 42.4 Å². The molecule has 1 aliphatic carbocycles. The van der Waals surface area contributed by atoms with Crippen LogP contribution in [-0.4, -0.2) is 88.3 Å². The lowest BCUT2D eigenvalue weighted by Crippen LogP contribution is -2.47. The lowest BCUT2D eigenvalue weighted by Gasteiger charge is -2.31. The van der Waals surface area contributed by atoms with Crippen molar-refractivity contribution >= 4 is 11.8 Å². The lowest BCUT2D eigenvalue weighted by molar-refractivity contribution is -0.142. The summed E-state index contributed by atoms with van der Waals surface area (Å²) in [6.07, 6.45) is 6.27. The number of benzene rings is 1. The van der Waals surface area contributed by atoms with Crippen LogP contribution in [0.3, 0.4) is 0 Å². The molecule has 2 amide bonds. The van der Waals surface area contributed by atoms with Gasteiger partial charge >= 0.3 is 0 Å². The minimum atomic E-state index is -0.899. The van der Waals surface area contributed by atoms with Crippen LogP contribution in [0.15, 0.2) is 41.0 Å². The van der Waals surface area contributed by atoms with E-state index in [1.165, 1.54) is 11.1 Å². The molecule has 0 aliphatic heterocycles. The zero-order valence-corrected chi connectivity index (χ0v) is 24.4. The molecule has 0 saturated heterocycles.